The summed E-state index contributed by atoms with van der Waals surface area (Å²) in [5.74, 6) is 0. The lowest BCUT2D eigenvalue weighted by Gasteiger charge is -2.34. The highest BCUT2D eigenvalue weighted by atomic mass is 79.9. The maximum atomic E-state index is 9.19. The lowest BCUT2D eigenvalue weighted by molar-refractivity contribution is 0.0305. The number of nitrogens with zero attached hydrogens (tertiary/aromatic N) is 2. The summed E-state index contributed by atoms with van der Waals surface area (Å²) in [6.07, 6.45) is 3.01. The molecule has 2 unspecified atom stereocenters. The van der Waals surface area contributed by atoms with Gasteiger partial charge in [0.1, 0.15) is 6.07 Å². The zero-order chi connectivity index (χ0) is 11.8. The molecule has 88 valence electrons. The molecule has 0 aromatic heterocycles. The number of anilines is 1. The van der Waals surface area contributed by atoms with Crippen LogP contribution in [0.15, 0.2) is 22.7 Å². The van der Waals surface area contributed by atoms with Gasteiger partial charge < -0.3 is 9.64 Å². The van der Waals surface area contributed by atoms with Crippen LogP contribution in [0.25, 0.3) is 0 Å². The van der Waals surface area contributed by atoms with E-state index >= 15 is 0 Å². The van der Waals surface area contributed by atoms with E-state index < -0.39 is 0 Å². The van der Waals surface area contributed by atoms with Crippen LogP contribution in [-0.4, -0.2) is 25.3 Å². The van der Waals surface area contributed by atoms with Gasteiger partial charge in [-0.05, 0) is 31.0 Å². The fourth-order valence-electron chi connectivity index (χ4n) is 2.69. The molecule has 2 fully saturated rings. The number of hydrogen-bond donors (Lipinski definition) is 0. The maximum absolute atomic E-state index is 9.19. The molecule has 0 radical (unpaired) electrons. The zero-order valence-corrected chi connectivity index (χ0v) is 11.0. The van der Waals surface area contributed by atoms with Crippen LogP contribution < -0.4 is 4.90 Å². The number of fused-ring (bicyclic) bond motifs is 2. The molecule has 2 aliphatic rings. The Morgan fingerprint density at radius 3 is 2.65 bits per heavy atom. The van der Waals surface area contributed by atoms with Crippen molar-refractivity contribution in [2.75, 3.05) is 18.0 Å². The van der Waals surface area contributed by atoms with Gasteiger partial charge in [0.2, 0.25) is 0 Å². The Balaban J connectivity index is 1.92. The highest BCUT2D eigenvalue weighted by Crippen LogP contribution is 2.32. The smallest absolute Gasteiger partial charge is 0.101 e. The Labute approximate surface area is 109 Å². The molecule has 0 amide bonds. The second kappa shape index (κ2) is 4.32. The summed E-state index contributed by atoms with van der Waals surface area (Å²) < 4.78 is 6.77. The fraction of sp³-hybridized carbons (Fsp3) is 0.462. The monoisotopic (exact) mass is 292 g/mol. The fourth-order valence-corrected chi connectivity index (χ4v) is 3.05. The van der Waals surface area contributed by atoms with Crippen LogP contribution in [0.3, 0.4) is 0 Å². The van der Waals surface area contributed by atoms with Crippen molar-refractivity contribution < 1.29 is 4.74 Å². The van der Waals surface area contributed by atoms with E-state index in [9.17, 15) is 5.26 Å². The minimum atomic E-state index is 0.351. The molecule has 2 aliphatic heterocycles. The van der Waals surface area contributed by atoms with Crippen molar-refractivity contribution in [3.8, 4) is 6.07 Å². The highest BCUT2D eigenvalue weighted by molar-refractivity contribution is 9.10. The summed E-state index contributed by atoms with van der Waals surface area (Å²) in [4.78, 5) is 2.29. The van der Waals surface area contributed by atoms with Gasteiger partial charge in [-0.2, -0.15) is 5.26 Å². The van der Waals surface area contributed by atoms with Gasteiger partial charge in [-0.25, -0.2) is 0 Å². The van der Waals surface area contributed by atoms with Crippen molar-refractivity contribution in [1.82, 2.24) is 0 Å². The van der Waals surface area contributed by atoms with Gasteiger partial charge in [-0.15, -0.1) is 0 Å². The third-order valence-electron chi connectivity index (χ3n) is 3.46. The summed E-state index contributed by atoms with van der Waals surface area (Å²) in [5, 5.41) is 9.19. The molecular weight excluding hydrogens is 280 g/mol. The Kier molecular flexibility index (Phi) is 2.81. The Morgan fingerprint density at radius 1 is 1.29 bits per heavy atom. The van der Waals surface area contributed by atoms with Crippen LogP contribution in [0.4, 0.5) is 5.69 Å². The number of halogens is 1. The predicted molar refractivity (Wildman–Crippen MR) is 69.0 cm³/mol. The topological polar surface area (TPSA) is 36.3 Å². The third-order valence-corrected chi connectivity index (χ3v) is 3.96. The van der Waals surface area contributed by atoms with Gasteiger partial charge in [0, 0.05) is 17.6 Å². The summed E-state index contributed by atoms with van der Waals surface area (Å²) in [7, 11) is 0. The first-order valence-electron chi connectivity index (χ1n) is 5.86. The van der Waals surface area contributed by atoms with Crippen LogP contribution >= 0.6 is 15.9 Å². The van der Waals surface area contributed by atoms with Crippen molar-refractivity contribution >= 4 is 21.6 Å². The van der Waals surface area contributed by atoms with Gasteiger partial charge in [0.15, 0.2) is 0 Å². The molecule has 2 heterocycles. The van der Waals surface area contributed by atoms with E-state index in [0.29, 0.717) is 12.2 Å². The van der Waals surface area contributed by atoms with Crippen LogP contribution in [0.1, 0.15) is 18.4 Å². The first kappa shape index (κ1) is 11.1. The van der Waals surface area contributed by atoms with Crippen molar-refractivity contribution in [2.24, 2.45) is 0 Å². The highest BCUT2D eigenvalue weighted by Gasteiger charge is 2.34. The molecule has 2 bridgehead atoms. The minimum Gasteiger partial charge on any atom is -0.371 e. The van der Waals surface area contributed by atoms with E-state index in [1.807, 2.05) is 18.2 Å². The Hall–Kier alpha value is -1.05. The molecule has 3 rings (SSSR count). The van der Waals surface area contributed by atoms with Crippen molar-refractivity contribution in [3.05, 3.63) is 28.2 Å². The molecule has 4 heteroatoms. The molecule has 1 aromatic carbocycles. The van der Waals surface area contributed by atoms with Crippen LogP contribution in [0.5, 0.6) is 0 Å². The van der Waals surface area contributed by atoms with Gasteiger partial charge in [-0.1, -0.05) is 15.9 Å². The third kappa shape index (κ3) is 2.05. The summed E-state index contributed by atoms with van der Waals surface area (Å²) in [6.45, 7) is 1.82. The van der Waals surface area contributed by atoms with Gasteiger partial charge in [0.25, 0.3) is 0 Å². The molecular formula is C13H13BrN2O. The molecule has 0 aliphatic carbocycles. The second-order valence-electron chi connectivity index (χ2n) is 4.64. The van der Waals surface area contributed by atoms with E-state index in [1.165, 1.54) is 0 Å². The lowest BCUT2D eigenvalue weighted by Crippen LogP contribution is -2.42. The van der Waals surface area contributed by atoms with Crippen LogP contribution in [0, 0.1) is 11.3 Å². The largest absolute Gasteiger partial charge is 0.371 e. The molecule has 2 saturated heterocycles. The Morgan fingerprint density at radius 2 is 2.00 bits per heavy atom. The number of hydrogen-bond acceptors (Lipinski definition) is 3. The summed E-state index contributed by atoms with van der Waals surface area (Å²) in [6, 6.07) is 8.17. The normalized spacial score (nSPS) is 26.9. The van der Waals surface area contributed by atoms with Gasteiger partial charge in [0.05, 0.1) is 23.5 Å². The standard InChI is InChI=1S/C13H13BrN2O/c14-10-1-4-13(9(5-10)6-15)16-7-11-2-3-12(8-16)17-11/h1,4-5,11-12H,2-3,7-8H2. The van der Waals surface area contributed by atoms with Crippen molar-refractivity contribution in [1.29, 1.82) is 5.26 Å². The van der Waals surface area contributed by atoms with Crippen molar-refractivity contribution in [3.63, 3.8) is 0 Å². The molecule has 17 heavy (non-hydrogen) atoms. The van der Waals surface area contributed by atoms with Crippen molar-refractivity contribution in [2.45, 2.75) is 25.0 Å². The average molecular weight is 293 g/mol. The van der Waals surface area contributed by atoms with E-state index in [0.717, 1.165) is 41.7 Å². The molecule has 0 saturated carbocycles. The number of benzene rings is 1. The number of ether oxygens (including phenoxy) is 1. The number of morpholine rings is 1. The average Bonchev–Trinajstić information content (AvgIpc) is 2.68. The van der Waals surface area contributed by atoms with Crippen LogP contribution in [0.2, 0.25) is 0 Å². The van der Waals surface area contributed by atoms with E-state index in [2.05, 4.69) is 26.9 Å². The number of rotatable bonds is 1. The molecule has 1 aromatic rings. The number of nitriles is 1. The summed E-state index contributed by atoms with van der Waals surface area (Å²) in [5.41, 5.74) is 1.77. The molecule has 0 N–H and O–H groups in total. The van der Waals surface area contributed by atoms with Gasteiger partial charge >= 0.3 is 0 Å². The Bertz CT molecular complexity index is 471. The van der Waals surface area contributed by atoms with E-state index in [1.54, 1.807) is 0 Å². The van der Waals surface area contributed by atoms with Gasteiger partial charge in [-0.3, -0.25) is 0 Å². The summed E-state index contributed by atoms with van der Waals surface area (Å²) >= 11 is 3.40. The molecule has 3 nitrogen and oxygen atoms in total. The molecule has 2 atom stereocenters. The van der Waals surface area contributed by atoms with E-state index in [-0.39, 0.29) is 0 Å². The lowest BCUT2D eigenvalue weighted by atomic mass is 10.1. The van der Waals surface area contributed by atoms with E-state index in [4.69, 9.17) is 4.74 Å². The predicted octanol–water partition coefficient (Wildman–Crippen LogP) is 2.69. The second-order valence-corrected chi connectivity index (χ2v) is 5.55. The SMILES string of the molecule is N#Cc1cc(Br)ccc1N1CC2CCC(C1)O2. The van der Waals surface area contributed by atoms with Crippen LogP contribution in [-0.2, 0) is 4.74 Å². The minimum absolute atomic E-state index is 0.351. The first-order chi connectivity index (χ1) is 8.26. The molecule has 0 spiro atoms. The quantitative estimate of drug-likeness (QED) is 0.798. The zero-order valence-electron chi connectivity index (χ0n) is 9.40. The maximum Gasteiger partial charge on any atom is 0.101 e. The first-order valence-corrected chi connectivity index (χ1v) is 6.65.